The molecule has 94 valence electrons. The predicted octanol–water partition coefficient (Wildman–Crippen LogP) is 2.20. The van der Waals surface area contributed by atoms with Crippen LogP contribution in [-0.4, -0.2) is 35.7 Å². The Bertz CT molecular complexity index is 221. The molecule has 0 aromatic carbocycles. The summed E-state index contributed by atoms with van der Waals surface area (Å²) in [5, 5.41) is 3.69. The molecule has 2 unspecified atom stereocenters. The third-order valence-electron chi connectivity index (χ3n) is 2.73. The second kappa shape index (κ2) is 7.17. The van der Waals surface area contributed by atoms with Crippen molar-refractivity contribution in [3.05, 3.63) is 0 Å². The fourth-order valence-corrected chi connectivity index (χ4v) is 3.19. The van der Waals surface area contributed by atoms with Crippen LogP contribution in [0.3, 0.4) is 0 Å². The van der Waals surface area contributed by atoms with E-state index in [4.69, 9.17) is 4.74 Å². The van der Waals surface area contributed by atoms with E-state index in [0.29, 0.717) is 11.3 Å². The van der Waals surface area contributed by atoms with E-state index in [-0.39, 0.29) is 18.6 Å². The molecule has 0 aromatic heterocycles. The van der Waals surface area contributed by atoms with Crippen LogP contribution < -0.4 is 5.32 Å². The Morgan fingerprint density at radius 3 is 2.88 bits per heavy atom. The number of thioether (sulfide) groups is 1. The van der Waals surface area contributed by atoms with Gasteiger partial charge in [-0.05, 0) is 32.4 Å². The second-order valence-electron chi connectivity index (χ2n) is 4.46. The Morgan fingerprint density at radius 2 is 2.25 bits per heavy atom. The Morgan fingerprint density at radius 1 is 1.50 bits per heavy atom. The minimum absolute atomic E-state index is 0.0299. The van der Waals surface area contributed by atoms with E-state index in [1.807, 2.05) is 25.6 Å². The first-order valence-corrected chi connectivity index (χ1v) is 7.21. The van der Waals surface area contributed by atoms with Gasteiger partial charge in [0.1, 0.15) is 6.61 Å². The third kappa shape index (κ3) is 4.74. The summed E-state index contributed by atoms with van der Waals surface area (Å²) in [4.78, 5) is 11.6. The number of carbonyl (C=O) groups excluding carboxylic acids is 1. The lowest BCUT2D eigenvalue weighted by atomic mass is 10.2. The van der Waals surface area contributed by atoms with Gasteiger partial charge in [-0.2, -0.15) is 11.8 Å². The molecule has 1 rings (SSSR count). The zero-order valence-electron chi connectivity index (χ0n) is 10.5. The number of carbonyl (C=O) groups is 1. The van der Waals surface area contributed by atoms with Gasteiger partial charge in [0.2, 0.25) is 5.91 Å². The van der Waals surface area contributed by atoms with Crippen LogP contribution in [-0.2, 0) is 9.53 Å². The highest BCUT2D eigenvalue weighted by Gasteiger charge is 2.28. The largest absolute Gasteiger partial charge is 0.369 e. The summed E-state index contributed by atoms with van der Waals surface area (Å²) in [5.74, 6) is 1.15. The Kier molecular flexibility index (Phi) is 6.21. The molecule has 1 saturated carbocycles. The average molecular weight is 245 g/mol. The summed E-state index contributed by atoms with van der Waals surface area (Å²) in [7, 11) is 0. The second-order valence-corrected chi connectivity index (χ2v) is 5.97. The lowest BCUT2D eigenvalue weighted by Gasteiger charge is -2.20. The summed E-state index contributed by atoms with van der Waals surface area (Å²) in [6, 6.07) is 0.355. The van der Waals surface area contributed by atoms with Gasteiger partial charge in [0, 0.05) is 11.3 Å². The highest BCUT2D eigenvalue weighted by Crippen LogP contribution is 2.29. The molecule has 0 aromatic rings. The highest BCUT2D eigenvalue weighted by molar-refractivity contribution is 7.99. The van der Waals surface area contributed by atoms with Crippen LogP contribution >= 0.6 is 11.8 Å². The van der Waals surface area contributed by atoms with Crippen molar-refractivity contribution >= 4 is 17.7 Å². The molecule has 1 N–H and O–H groups in total. The Hall–Kier alpha value is -0.220. The standard InChI is InChI=1S/C12H23NO2S/c1-4-16-11-7-5-6-10(11)13-12(14)8-15-9(2)3/h9-11H,4-8H2,1-3H3,(H,13,14). The number of hydrogen-bond acceptors (Lipinski definition) is 3. The molecule has 0 radical (unpaired) electrons. The van der Waals surface area contributed by atoms with Gasteiger partial charge in [0.05, 0.1) is 6.10 Å². The summed E-state index contributed by atoms with van der Waals surface area (Å²) < 4.78 is 5.29. The van der Waals surface area contributed by atoms with Gasteiger partial charge < -0.3 is 10.1 Å². The van der Waals surface area contributed by atoms with Crippen LogP contribution in [0.2, 0.25) is 0 Å². The summed E-state index contributed by atoms with van der Waals surface area (Å²) >= 11 is 1.96. The maximum absolute atomic E-state index is 11.6. The minimum Gasteiger partial charge on any atom is -0.369 e. The summed E-state index contributed by atoms with van der Waals surface area (Å²) in [5.41, 5.74) is 0. The molecule has 1 aliphatic rings. The third-order valence-corrected chi connectivity index (χ3v) is 4.05. The van der Waals surface area contributed by atoms with Crippen LogP contribution in [0.15, 0.2) is 0 Å². The highest BCUT2D eigenvalue weighted by atomic mass is 32.2. The first kappa shape index (κ1) is 13.8. The van der Waals surface area contributed by atoms with Gasteiger partial charge in [0.25, 0.3) is 0 Å². The molecule has 2 atom stereocenters. The first-order valence-electron chi connectivity index (χ1n) is 6.16. The zero-order valence-corrected chi connectivity index (χ0v) is 11.3. The van der Waals surface area contributed by atoms with Crippen molar-refractivity contribution in [2.75, 3.05) is 12.4 Å². The zero-order chi connectivity index (χ0) is 12.0. The molecule has 0 aliphatic heterocycles. The van der Waals surface area contributed by atoms with Crippen LogP contribution in [0.5, 0.6) is 0 Å². The Labute approximate surface area is 103 Å². The topological polar surface area (TPSA) is 38.3 Å². The minimum atomic E-state index is 0.0299. The van der Waals surface area contributed by atoms with E-state index in [1.165, 1.54) is 12.8 Å². The molecule has 0 saturated heterocycles. The monoisotopic (exact) mass is 245 g/mol. The molecule has 1 fully saturated rings. The van der Waals surface area contributed by atoms with E-state index in [9.17, 15) is 4.79 Å². The SMILES string of the molecule is CCSC1CCCC1NC(=O)COC(C)C. The fourth-order valence-electron chi connectivity index (χ4n) is 2.00. The number of nitrogens with one attached hydrogen (secondary N) is 1. The van der Waals surface area contributed by atoms with Crippen LogP contribution in [0, 0.1) is 0 Å². The average Bonchev–Trinajstić information content (AvgIpc) is 2.63. The van der Waals surface area contributed by atoms with E-state index in [2.05, 4.69) is 12.2 Å². The molecule has 0 bridgehead atoms. The van der Waals surface area contributed by atoms with Gasteiger partial charge >= 0.3 is 0 Å². The van der Waals surface area contributed by atoms with Crippen molar-refractivity contribution in [3.63, 3.8) is 0 Å². The van der Waals surface area contributed by atoms with E-state index in [1.54, 1.807) is 0 Å². The van der Waals surface area contributed by atoms with Crippen LogP contribution in [0.25, 0.3) is 0 Å². The molecule has 0 heterocycles. The van der Waals surface area contributed by atoms with E-state index >= 15 is 0 Å². The van der Waals surface area contributed by atoms with Gasteiger partial charge in [-0.25, -0.2) is 0 Å². The summed E-state index contributed by atoms with van der Waals surface area (Å²) in [6.45, 7) is 6.25. The maximum atomic E-state index is 11.6. The number of ether oxygens (including phenoxy) is 1. The smallest absolute Gasteiger partial charge is 0.246 e. The Balaban J connectivity index is 2.26. The number of amides is 1. The van der Waals surface area contributed by atoms with Crippen molar-refractivity contribution in [2.45, 2.75) is 57.4 Å². The van der Waals surface area contributed by atoms with Gasteiger partial charge in [-0.15, -0.1) is 0 Å². The van der Waals surface area contributed by atoms with Gasteiger partial charge in [-0.1, -0.05) is 13.3 Å². The van der Waals surface area contributed by atoms with Crippen LogP contribution in [0.1, 0.15) is 40.0 Å². The fraction of sp³-hybridized carbons (Fsp3) is 0.917. The van der Waals surface area contributed by atoms with Gasteiger partial charge in [0.15, 0.2) is 0 Å². The maximum Gasteiger partial charge on any atom is 0.246 e. The van der Waals surface area contributed by atoms with Crippen LogP contribution in [0.4, 0.5) is 0 Å². The predicted molar refractivity (Wildman–Crippen MR) is 68.8 cm³/mol. The van der Waals surface area contributed by atoms with E-state index < -0.39 is 0 Å². The van der Waals surface area contributed by atoms with Crippen molar-refractivity contribution in [1.29, 1.82) is 0 Å². The molecule has 1 aliphatic carbocycles. The molecule has 3 nitrogen and oxygen atoms in total. The lowest BCUT2D eigenvalue weighted by molar-refractivity contribution is -0.127. The lowest BCUT2D eigenvalue weighted by Crippen LogP contribution is -2.41. The van der Waals surface area contributed by atoms with Crippen molar-refractivity contribution < 1.29 is 9.53 Å². The molecular weight excluding hydrogens is 222 g/mol. The van der Waals surface area contributed by atoms with E-state index in [0.717, 1.165) is 12.2 Å². The van der Waals surface area contributed by atoms with Gasteiger partial charge in [-0.3, -0.25) is 4.79 Å². The summed E-state index contributed by atoms with van der Waals surface area (Å²) in [6.07, 6.45) is 3.70. The van der Waals surface area contributed by atoms with Crippen molar-refractivity contribution in [1.82, 2.24) is 5.32 Å². The molecule has 1 amide bonds. The van der Waals surface area contributed by atoms with Crippen molar-refractivity contribution in [2.24, 2.45) is 0 Å². The first-order chi connectivity index (χ1) is 7.63. The molecular formula is C12H23NO2S. The molecule has 16 heavy (non-hydrogen) atoms. The normalized spacial score (nSPS) is 25.0. The number of hydrogen-bond donors (Lipinski definition) is 1. The van der Waals surface area contributed by atoms with Crippen molar-refractivity contribution in [3.8, 4) is 0 Å². The number of rotatable bonds is 6. The molecule has 0 spiro atoms. The quantitative estimate of drug-likeness (QED) is 0.779. The molecule has 4 heteroatoms.